The molecule has 0 fully saturated rings. The lowest BCUT2D eigenvalue weighted by atomic mass is 10.2. The van der Waals surface area contributed by atoms with Crippen LogP contribution in [-0.2, 0) is 9.53 Å². The molecular weight excluding hydrogens is 208 g/mol. The highest BCUT2D eigenvalue weighted by molar-refractivity contribution is 5.65. The minimum absolute atomic E-state index is 0.0405. The molecule has 1 aromatic carbocycles. The third kappa shape index (κ3) is 4.79. The number of benzene rings is 1. The summed E-state index contributed by atoms with van der Waals surface area (Å²) in [5.74, 6) is 0.288. The third-order valence-corrected chi connectivity index (χ3v) is 1.91. The Kier molecular flexibility index (Phi) is 4.79. The van der Waals surface area contributed by atoms with Gasteiger partial charge in [-0.25, -0.2) is 0 Å². The maximum Gasteiger partial charge on any atom is 0.302 e. The Morgan fingerprint density at radius 1 is 1.44 bits per heavy atom. The summed E-state index contributed by atoms with van der Waals surface area (Å²) in [7, 11) is 0. The number of esters is 1. The second-order valence-electron chi connectivity index (χ2n) is 3.58. The van der Waals surface area contributed by atoms with Gasteiger partial charge in [-0.15, -0.1) is 0 Å². The number of aliphatic hydroxyl groups excluding tert-OH is 1. The van der Waals surface area contributed by atoms with Crippen molar-refractivity contribution in [1.29, 1.82) is 0 Å². The first-order chi connectivity index (χ1) is 7.58. The SMILES string of the molecule is CC(=O)OC[C@H](O)COc1cccc(C)c1. The zero-order valence-electron chi connectivity index (χ0n) is 9.47. The number of ether oxygens (including phenoxy) is 2. The highest BCUT2D eigenvalue weighted by Crippen LogP contribution is 2.12. The minimum Gasteiger partial charge on any atom is -0.491 e. The van der Waals surface area contributed by atoms with Crippen LogP contribution in [0.4, 0.5) is 0 Å². The molecule has 0 bridgehead atoms. The van der Waals surface area contributed by atoms with Crippen LogP contribution in [0.1, 0.15) is 12.5 Å². The number of aliphatic hydroxyl groups is 1. The molecule has 0 aliphatic heterocycles. The molecule has 0 aliphatic rings. The maximum atomic E-state index is 10.5. The van der Waals surface area contributed by atoms with E-state index in [2.05, 4.69) is 4.74 Å². The Morgan fingerprint density at radius 3 is 2.81 bits per heavy atom. The molecule has 16 heavy (non-hydrogen) atoms. The molecule has 4 heteroatoms. The average Bonchev–Trinajstić information content (AvgIpc) is 2.23. The van der Waals surface area contributed by atoms with E-state index in [4.69, 9.17) is 4.74 Å². The summed E-state index contributed by atoms with van der Waals surface area (Å²) in [6, 6.07) is 7.52. The summed E-state index contributed by atoms with van der Waals surface area (Å²) in [5, 5.41) is 9.43. The number of carbonyl (C=O) groups is 1. The molecule has 4 nitrogen and oxygen atoms in total. The van der Waals surface area contributed by atoms with E-state index in [0.717, 1.165) is 5.56 Å². The van der Waals surface area contributed by atoms with Gasteiger partial charge in [0.05, 0.1) is 0 Å². The number of hydrogen-bond acceptors (Lipinski definition) is 4. The highest BCUT2D eigenvalue weighted by Gasteiger charge is 2.07. The largest absolute Gasteiger partial charge is 0.491 e. The average molecular weight is 224 g/mol. The van der Waals surface area contributed by atoms with Crippen LogP contribution in [-0.4, -0.2) is 30.4 Å². The summed E-state index contributed by atoms with van der Waals surface area (Å²) in [6.45, 7) is 3.33. The van der Waals surface area contributed by atoms with E-state index in [1.165, 1.54) is 6.92 Å². The van der Waals surface area contributed by atoms with Crippen LogP contribution in [0.2, 0.25) is 0 Å². The molecule has 0 radical (unpaired) electrons. The van der Waals surface area contributed by atoms with Crippen molar-refractivity contribution < 1.29 is 19.4 Å². The Morgan fingerprint density at radius 2 is 2.19 bits per heavy atom. The lowest BCUT2D eigenvalue weighted by Crippen LogP contribution is -2.24. The first-order valence-electron chi connectivity index (χ1n) is 5.09. The highest BCUT2D eigenvalue weighted by atomic mass is 16.5. The molecule has 0 amide bonds. The van der Waals surface area contributed by atoms with Gasteiger partial charge in [0.25, 0.3) is 0 Å². The van der Waals surface area contributed by atoms with Crippen LogP contribution in [0.3, 0.4) is 0 Å². The van der Waals surface area contributed by atoms with Crippen molar-refractivity contribution in [3.63, 3.8) is 0 Å². The van der Waals surface area contributed by atoms with Crippen LogP contribution in [0, 0.1) is 6.92 Å². The fourth-order valence-electron chi connectivity index (χ4n) is 1.16. The van der Waals surface area contributed by atoms with Crippen molar-refractivity contribution in [1.82, 2.24) is 0 Å². The molecule has 1 atom stereocenters. The van der Waals surface area contributed by atoms with Crippen LogP contribution in [0.25, 0.3) is 0 Å². The summed E-state index contributed by atoms with van der Waals surface area (Å²) in [6.07, 6.45) is -0.801. The molecule has 1 rings (SSSR count). The van der Waals surface area contributed by atoms with Crippen molar-refractivity contribution in [3.8, 4) is 5.75 Å². The van der Waals surface area contributed by atoms with Crippen LogP contribution in [0.15, 0.2) is 24.3 Å². The van der Waals surface area contributed by atoms with Crippen molar-refractivity contribution >= 4 is 5.97 Å². The van der Waals surface area contributed by atoms with Gasteiger partial charge in [0, 0.05) is 6.92 Å². The maximum absolute atomic E-state index is 10.5. The predicted octanol–water partition coefficient (Wildman–Crippen LogP) is 1.30. The zero-order chi connectivity index (χ0) is 12.0. The van der Waals surface area contributed by atoms with Crippen molar-refractivity contribution in [3.05, 3.63) is 29.8 Å². The van der Waals surface area contributed by atoms with Crippen LogP contribution in [0.5, 0.6) is 5.75 Å². The summed E-state index contributed by atoms with van der Waals surface area (Å²) >= 11 is 0. The molecule has 0 unspecified atom stereocenters. The Bertz CT molecular complexity index is 349. The summed E-state index contributed by atoms with van der Waals surface area (Å²) in [4.78, 5) is 10.5. The zero-order valence-corrected chi connectivity index (χ0v) is 9.47. The standard InChI is InChI=1S/C12H16O4/c1-9-4-3-5-12(6-9)16-8-11(14)7-15-10(2)13/h3-6,11,14H,7-8H2,1-2H3/t11-/m0/s1. The fourth-order valence-corrected chi connectivity index (χ4v) is 1.16. The fraction of sp³-hybridized carbons (Fsp3) is 0.417. The normalized spacial score (nSPS) is 11.9. The predicted molar refractivity (Wildman–Crippen MR) is 59.3 cm³/mol. The molecule has 0 heterocycles. The minimum atomic E-state index is -0.801. The lowest BCUT2D eigenvalue weighted by molar-refractivity contribution is -0.144. The molecule has 1 N–H and O–H groups in total. The van der Waals surface area contributed by atoms with Gasteiger partial charge in [-0.05, 0) is 24.6 Å². The quantitative estimate of drug-likeness (QED) is 0.766. The third-order valence-electron chi connectivity index (χ3n) is 1.91. The van der Waals surface area contributed by atoms with E-state index in [-0.39, 0.29) is 13.2 Å². The smallest absolute Gasteiger partial charge is 0.302 e. The Balaban J connectivity index is 2.31. The summed E-state index contributed by atoms with van der Waals surface area (Å²) < 4.78 is 9.99. The van der Waals surface area contributed by atoms with E-state index >= 15 is 0 Å². The van der Waals surface area contributed by atoms with Gasteiger partial charge in [0.15, 0.2) is 0 Å². The molecule has 0 saturated heterocycles. The van der Waals surface area contributed by atoms with Gasteiger partial charge in [-0.1, -0.05) is 12.1 Å². The van der Waals surface area contributed by atoms with E-state index in [9.17, 15) is 9.90 Å². The van der Waals surface area contributed by atoms with E-state index < -0.39 is 12.1 Å². The van der Waals surface area contributed by atoms with Gasteiger partial charge >= 0.3 is 5.97 Å². The van der Waals surface area contributed by atoms with Crippen molar-refractivity contribution in [2.75, 3.05) is 13.2 Å². The van der Waals surface area contributed by atoms with Crippen molar-refractivity contribution in [2.24, 2.45) is 0 Å². The van der Waals surface area contributed by atoms with E-state index in [1.54, 1.807) is 0 Å². The van der Waals surface area contributed by atoms with Crippen molar-refractivity contribution in [2.45, 2.75) is 20.0 Å². The van der Waals surface area contributed by atoms with E-state index in [1.807, 2.05) is 31.2 Å². The second kappa shape index (κ2) is 6.12. The van der Waals surface area contributed by atoms with Gasteiger partial charge in [0.2, 0.25) is 0 Å². The van der Waals surface area contributed by atoms with Gasteiger partial charge < -0.3 is 14.6 Å². The lowest BCUT2D eigenvalue weighted by Gasteiger charge is -2.12. The molecule has 0 aromatic heterocycles. The Labute approximate surface area is 94.8 Å². The van der Waals surface area contributed by atoms with Gasteiger partial charge in [0.1, 0.15) is 25.1 Å². The molecular formula is C12H16O4. The number of hydrogen-bond donors (Lipinski definition) is 1. The van der Waals surface area contributed by atoms with Gasteiger partial charge in [-0.3, -0.25) is 4.79 Å². The molecule has 0 saturated carbocycles. The molecule has 0 spiro atoms. The molecule has 88 valence electrons. The van der Waals surface area contributed by atoms with Gasteiger partial charge in [-0.2, -0.15) is 0 Å². The topological polar surface area (TPSA) is 55.8 Å². The molecule has 1 aromatic rings. The second-order valence-corrected chi connectivity index (χ2v) is 3.58. The molecule has 0 aliphatic carbocycles. The van der Waals surface area contributed by atoms with Crippen LogP contribution >= 0.6 is 0 Å². The van der Waals surface area contributed by atoms with Crippen LogP contribution < -0.4 is 4.74 Å². The first-order valence-corrected chi connectivity index (χ1v) is 5.09. The Hall–Kier alpha value is -1.55. The monoisotopic (exact) mass is 224 g/mol. The first kappa shape index (κ1) is 12.5. The number of aryl methyl sites for hydroxylation is 1. The number of rotatable bonds is 5. The summed E-state index contributed by atoms with van der Waals surface area (Å²) in [5.41, 5.74) is 1.09. The van der Waals surface area contributed by atoms with E-state index in [0.29, 0.717) is 5.75 Å². The number of carbonyl (C=O) groups excluding carboxylic acids is 1.